The third-order valence-electron chi connectivity index (χ3n) is 5.43. The summed E-state index contributed by atoms with van der Waals surface area (Å²) in [6.07, 6.45) is 7.22. The summed E-state index contributed by atoms with van der Waals surface area (Å²) in [4.78, 5) is 24.9. The van der Waals surface area contributed by atoms with E-state index in [4.69, 9.17) is 0 Å². The molecule has 0 spiro atoms. The molecule has 4 heterocycles. The molecular formula is C22H22N6O2S2. The molecule has 1 aromatic carbocycles. The summed E-state index contributed by atoms with van der Waals surface area (Å²) in [5.41, 5.74) is 1.90. The third-order valence-corrected chi connectivity index (χ3v) is 7.00. The zero-order valence-corrected chi connectivity index (χ0v) is 19.0. The van der Waals surface area contributed by atoms with Crippen molar-refractivity contribution in [3.8, 4) is 11.0 Å². The van der Waals surface area contributed by atoms with Crippen LogP contribution in [0.1, 0.15) is 10.5 Å². The Balaban J connectivity index is 1.39. The van der Waals surface area contributed by atoms with Gasteiger partial charge in [0, 0.05) is 59.6 Å². The number of carbonyl (C=O) groups is 1. The molecule has 164 valence electrons. The zero-order valence-electron chi connectivity index (χ0n) is 17.4. The summed E-state index contributed by atoms with van der Waals surface area (Å²) >= 11 is 2.92. The van der Waals surface area contributed by atoms with Crippen molar-refractivity contribution in [1.29, 1.82) is 0 Å². The van der Waals surface area contributed by atoms with Gasteiger partial charge in [0.15, 0.2) is 5.13 Å². The summed E-state index contributed by atoms with van der Waals surface area (Å²) in [6.45, 7) is 3.54. The molecule has 0 unspecified atom stereocenters. The van der Waals surface area contributed by atoms with Gasteiger partial charge in [-0.15, -0.1) is 23.1 Å². The van der Waals surface area contributed by atoms with Crippen molar-refractivity contribution in [2.45, 2.75) is 4.90 Å². The SMILES string of the molecule is CSc1ccc2cn(-c3nc(C(=O)Nc4cnccc4N4CCNCC4)cs3)c(O)c2c1. The smallest absolute Gasteiger partial charge is 0.275 e. The van der Waals surface area contributed by atoms with Gasteiger partial charge >= 0.3 is 0 Å². The highest BCUT2D eigenvalue weighted by Gasteiger charge is 2.19. The van der Waals surface area contributed by atoms with Crippen molar-refractivity contribution in [3.05, 3.63) is 53.9 Å². The predicted molar refractivity (Wildman–Crippen MR) is 130 cm³/mol. The Morgan fingerprint density at radius 3 is 2.94 bits per heavy atom. The Bertz CT molecular complexity index is 1280. The fraction of sp³-hybridized carbons (Fsp3) is 0.227. The molecule has 8 nitrogen and oxygen atoms in total. The van der Waals surface area contributed by atoms with Gasteiger partial charge < -0.3 is 20.6 Å². The first-order valence-corrected chi connectivity index (χ1v) is 12.3. The molecule has 0 atom stereocenters. The van der Waals surface area contributed by atoms with Crippen LogP contribution in [0.2, 0.25) is 0 Å². The molecule has 3 aromatic heterocycles. The van der Waals surface area contributed by atoms with Crippen LogP contribution in [0, 0.1) is 0 Å². The minimum Gasteiger partial charge on any atom is -0.494 e. The number of amides is 1. The van der Waals surface area contributed by atoms with Gasteiger partial charge in [0.2, 0.25) is 5.88 Å². The van der Waals surface area contributed by atoms with Gasteiger partial charge in [0.25, 0.3) is 5.91 Å². The fourth-order valence-electron chi connectivity index (χ4n) is 3.77. The number of hydrogen-bond acceptors (Lipinski definition) is 8. The van der Waals surface area contributed by atoms with Crippen molar-refractivity contribution >= 4 is 51.2 Å². The minimum absolute atomic E-state index is 0.116. The van der Waals surface area contributed by atoms with E-state index in [1.165, 1.54) is 11.3 Å². The molecule has 1 amide bonds. The number of aromatic hydroxyl groups is 1. The second-order valence-electron chi connectivity index (χ2n) is 7.38. The number of pyridine rings is 1. The monoisotopic (exact) mass is 466 g/mol. The van der Waals surface area contributed by atoms with Crippen molar-refractivity contribution in [1.82, 2.24) is 19.9 Å². The predicted octanol–water partition coefficient (Wildman–Crippen LogP) is 3.57. The maximum atomic E-state index is 12.9. The highest BCUT2D eigenvalue weighted by molar-refractivity contribution is 7.98. The Morgan fingerprint density at radius 2 is 2.12 bits per heavy atom. The first-order valence-electron chi connectivity index (χ1n) is 10.2. The van der Waals surface area contributed by atoms with Crippen LogP contribution in [-0.4, -0.2) is 58.0 Å². The van der Waals surface area contributed by atoms with Crippen molar-refractivity contribution in [3.63, 3.8) is 0 Å². The molecule has 1 aliphatic heterocycles. The molecule has 1 fully saturated rings. The number of thioether (sulfide) groups is 1. The molecular weight excluding hydrogens is 444 g/mol. The van der Waals surface area contributed by atoms with Gasteiger partial charge in [-0.1, -0.05) is 6.07 Å². The lowest BCUT2D eigenvalue weighted by atomic mass is 10.2. The van der Waals surface area contributed by atoms with E-state index in [0.29, 0.717) is 16.5 Å². The third kappa shape index (κ3) is 3.92. The quantitative estimate of drug-likeness (QED) is 0.387. The lowest BCUT2D eigenvalue weighted by Crippen LogP contribution is -2.43. The van der Waals surface area contributed by atoms with Gasteiger partial charge in [-0.05, 0) is 24.5 Å². The maximum absolute atomic E-state index is 12.9. The Morgan fingerprint density at radius 1 is 1.28 bits per heavy atom. The number of anilines is 2. The number of thiazole rings is 1. The molecule has 0 radical (unpaired) electrons. The van der Waals surface area contributed by atoms with Gasteiger partial charge in [-0.2, -0.15) is 0 Å². The molecule has 0 bridgehead atoms. The maximum Gasteiger partial charge on any atom is 0.275 e. The van der Waals surface area contributed by atoms with Crippen LogP contribution in [0.4, 0.5) is 11.4 Å². The number of rotatable bonds is 5. The van der Waals surface area contributed by atoms with Gasteiger partial charge in [-0.25, -0.2) is 4.98 Å². The molecule has 32 heavy (non-hydrogen) atoms. The summed E-state index contributed by atoms with van der Waals surface area (Å²) in [7, 11) is 0. The largest absolute Gasteiger partial charge is 0.494 e. The number of piperazine rings is 1. The highest BCUT2D eigenvalue weighted by atomic mass is 32.2. The summed E-state index contributed by atoms with van der Waals surface area (Å²) < 4.78 is 1.62. The summed E-state index contributed by atoms with van der Waals surface area (Å²) in [6, 6.07) is 7.85. The van der Waals surface area contributed by atoms with Crippen molar-refractivity contribution in [2.24, 2.45) is 0 Å². The van der Waals surface area contributed by atoms with E-state index in [1.807, 2.05) is 36.7 Å². The highest BCUT2D eigenvalue weighted by Crippen LogP contribution is 2.34. The number of nitrogens with one attached hydrogen (secondary N) is 2. The molecule has 5 rings (SSSR count). The van der Waals surface area contributed by atoms with Gasteiger partial charge in [0.05, 0.1) is 17.6 Å². The van der Waals surface area contributed by atoms with Crippen LogP contribution >= 0.6 is 23.1 Å². The van der Waals surface area contributed by atoms with Gasteiger partial charge in [-0.3, -0.25) is 14.3 Å². The average molecular weight is 467 g/mol. The second kappa shape index (κ2) is 8.81. The standard InChI is InChI=1S/C22H22N6O2S2/c1-31-15-3-2-14-12-28(21(30)16(14)10-15)22-26-18(13-32-22)20(29)25-17-11-24-5-4-19(17)27-8-6-23-7-9-27/h2-5,10-13,23,30H,6-9H2,1H3,(H,25,29). The number of carbonyl (C=O) groups excluding carboxylic acids is 1. The Labute approximate surface area is 193 Å². The van der Waals surface area contributed by atoms with E-state index >= 15 is 0 Å². The van der Waals surface area contributed by atoms with E-state index in [2.05, 4.69) is 25.5 Å². The van der Waals surface area contributed by atoms with Crippen molar-refractivity contribution in [2.75, 3.05) is 42.7 Å². The molecule has 0 aliphatic carbocycles. The zero-order chi connectivity index (χ0) is 22.1. The van der Waals surface area contributed by atoms with Crippen LogP contribution < -0.4 is 15.5 Å². The van der Waals surface area contributed by atoms with Crippen LogP contribution in [-0.2, 0) is 0 Å². The minimum atomic E-state index is -0.308. The van der Waals surface area contributed by atoms with Crippen LogP contribution in [0.3, 0.4) is 0 Å². The fourth-order valence-corrected chi connectivity index (χ4v) is 5.00. The molecule has 10 heteroatoms. The first-order chi connectivity index (χ1) is 15.6. The van der Waals surface area contributed by atoms with E-state index in [9.17, 15) is 9.90 Å². The number of hydrogen-bond donors (Lipinski definition) is 3. The van der Waals surface area contributed by atoms with E-state index in [-0.39, 0.29) is 11.8 Å². The van der Waals surface area contributed by atoms with E-state index < -0.39 is 0 Å². The van der Waals surface area contributed by atoms with Crippen LogP contribution in [0.5, 0.6) is 5.88 Å². The second-order valence-corrected chi connectivity index (χ2v) is 9.09. The van der Waals surface area contributed by atoms with E-state index in [1.54, 1.807) is 34.1 Å². The number of benzene rings is 1. The average Bonchev–Trinajstić information content (AvgIpc) is 3.45. The summed E-state index contributed by atoms with van der Waals surface area (Å²) in [5.74, 6) is -0.191. The van der Waals surface area contributed by atoms with Crippen LogP contribution in [0.15, 0.2) is 53.1 Å². The number of nitrogens with zero attached hydrogens (tertiary/aromatic N) is 4. The summed E-state index contributed by atoms with van der Waals surface area (Å²) in [5, 5.41) is 20.9. The van der Waals surface area contributed by atoms with Gasteiger partial charge in [0.1, 0.15) is 5.69 Å². The first kappa shape index (κ1) is 20.8. The van der Waals surface area contributed by atoms with E-state index in [0.717, 1.165) is 47.5 Å². The molecule has 0 saturated carbocycles. The Hall–Kier alpha value is -3.08. The molecule has 1 aliphatic rings. The molecule has 4 aromatic rings. The molecule has 1 saturated heterocycles. The van der Waals surface area contributed by atoms with Crippen molar-refractivity contribution < 1.29 is 9.90 Å². The number of aromatic nitrogens is 3. The normalized spacial score (nSPS) is 14.1. The van der Waals surface area contributed by atoms with Crippen LogP contribution in [0.25, 0.3) is 15.9 Å². The Kier molecular flexibility index (Phi) is 5.73. The lowest BCUT2D eigenvalue weighted by Gasteiger charge is -2.30. The topological polar surface area (TPSA) is 95.3 Å². The molecule has 3 N–H and O–H groups in total. The number of fused-ring (bicyclic) bond motifs is 1. The lowest BCUT2D eigenvalue weighted by molar-refractivity contribution is 0.102.